The van der Waals surface area contributed by atoms with Crippen molar-refractivity contribution in [3.05, 3.63) is 70.7 Å². The number of carboxylic acid groups (broad SMARTS) is 1. The van der Waals surface area contributed by atoms with Crippen molar-refractivity contribution in [3.8, 4) is 0 Å². The summed E-state index contributed by atoms with van der Waals surface area (Å²) in [6.45, 7) is 5.62. The van der Waals surface area contributed by atoms with Crippen LogP contribution >= 0.6 is 11.6 Å². The van der Waals surface area contributed by atoms with Crippen LogP contribution in [0.25, 0.3) is 0 Å². The quantitative estimate of drug-likeness (QED) is 0.0524. The standard InChI is InChI=1S/C52H82ClN15O12.C2H4O2/c1-27(2)21-38-48(76)62-34(13-17-54)44(72)61-36(15-19-56)47(75)68-42(28(3)69)51(79)59-20-16-37(46(74)60-35(14-18-55)45(73)65-39(49(77)64-38)22-30-9-6-5-7-10-30)63-50(78)40(26-58)66-52(80)43(29(4)70)67-41(71)24-32(25-57)31-11-8-12-33(53)23-31;1-2(3)4/h5-12,23,27-29,32,34-40,42-43,69-70H,13-22,24-26,54-58H2,1-4H3,(H,59,79)(H,60,74)(H,61,72)(H,62,76)(H,63,78)(H,64,77)(H,65,73)(H,66,80)(H,67,71)(H,68,75);1H3,(H,3,4)/t28-,29-,32-,34?,35+,36+,37?,38+,39-,40+,42+,43+;/m1./s1. The molecular formula is C54H86ClN15O14. The average Bonchev–Trinajstić information content (AvgIpc) is 3.58. The summed E-state index contributed by atoms with van der Waals surface area (Å²) in [6, 6.07) is 1.70. The SMILES string of the molecule is CC(=O)O.CC(C)C[C@@H]1NC(=O)[C@@H](Cc2ccccc2)NC(=O)[C@H](CCN)NC(=O)C(NC(=O)[C@H](CN)NC(=O)[C@@H](NC(=O)C[C@H](CN)c2cccc(Cl)c2)[C@@H](C)O)CCNC(=O)[C@H]([C@@H](C)O)NC(=O)[C@H](CCN)NC(=O)C(CCN)NC1=O. The molecule has 10 amide bonds. The molecule has 1 saturated heterocycles. The molecule has 84 heavy (non-hydrogen) atoms. The highest BCUT2D eigenvalue weighted by atomic mass is 35.5. The summed E-state index contributed by atoms with van der Waals surface area (Å²) in [6.07, 6.45) is -4.32. The second-order valence-corrected chi connectivity index (χ2v) is 21.0. The second kappa shape index (κ2) is 37.7. The summed E-state index contributed by atoms with van der Waals surface area (Å²) in [5.41, 5.74) is 30.8. The zero-order valence-corrected chi connectivity index (χ0v) is 48.7. The molecule has 468 valence electrons. The Morgan fingerprint density at radius 2 is 1.13 bits per heavy atom. The molecule has 2 unspecified atom stereocenters. The number of carbonyl (C=O) groups is 11. The molecule has 1 aliphatic heterocycles. The number of hydrogen-bond donors (Lipinski definition) is 18. The van der Waals surface area contributed by atoms with Crippen LogP contribution in [0.2, 0.25) is 5.02 Å². The van der Waals surface area contributed by atoms with Gasteiger partial charge in [0.15, 0.2) is 0 Å². The first kappa shape index (κ1) is 72.7. The number of benzene rings is 2. The van der Waals surface area contributed by atoms with E-state index >= 15 is 0 Å². The molecule has 0 radical (unpaired) electrons. The molecule has 0 saturated carbocycles. The van der Waals surface area contributed by atoms with Gasteiger partial charge < -0.3 is 97.2 Å². The smallest absolute Gasteiger partial charge is 0.300 e. The van der Waals surface area contributed by atoms with E-state index in [1.54, 1.807) is 68.4 Å². The van der Waals surface area contributed by atoms with Gasteiger partial charge in [0.1, 0.15) is 54.4 Å². The third kappa shape index (κ3) is 25.6. The number of rotatable bonds is 22. The summed E-state index contributed by atoms with van der Waals surface area (Å²) in [4.78, 5) is 149. The third-order valence-corrected chi connectivity index (χ3v) is 13.2. The maximum atomic E-state index is 14.4. The van der Waals surface area contributed by atoms with Gasteiger partial charge in [0, 0.05) is 43.8 Å². The van der Waals surface area contributed by atoms with Crippen molar-refractivity contribution in [1.82, 2.24) is 53.2 Å². The van der Waals surface area contributed by atoms with Crippen LogP contribution in [0.4, 0.5) is 0 Å². The molecule has 1 heterocycles. The fourth-order valence-corrected chi connectivity index (χ4v) is 8.73. The number of aliphatic carboxylic acids is 1. The minimum atomic E-state index is -1.68. The van der Waals surface area contributed by atoms with E-state index in [4.69, 9.17) is 50.2 Å². The number of carbonyl (C=O) groups excluding carboxylic acids is 10. The molecule has 0 aliphatic carbocycles. The molecule has 2 aromatic carbocycles. The van der Waals surface area contributed by atoms with Gasteiger partial charge in [0.05, 0.1) is 12.2 Å². The maximum Gasteiger partial charge on any atom is 0.300 e. The first-order chi connectivity index (χ1) is 39.7. The van der Waals surface area contributed by atoms with Crippen molar-refractivity contribution in [2.45, 2.75) is 152 Å². The zero-order valence-electron chi connectivity index (χ0n) is 48.0. The van der Waals surface area contributed by atoms with Gasteiger partial charge in [-0.05, 0) is 101 Å². The number of nitrogens with one attached hydrogen (secondary N) is 10. The van der Waals surface area contributed by atoms with Crippen LogP contribution in [0, 0.1) is 5.92 Å². The Hall–Kier alpha value is -7.38. The van der Waals surface area contributed by atoms with Crippen LogP contribution < -0.4 is 81.8 Å². The van der Waals surface area contributed by atoms with Crippen LogP contribution in [-0.4, -0.2) is 186 Å². The van der Waals surface area contributed by atoms with E-state index in [1.807, 2.05) is 0 Å². The second-order valence-electron chi connectivity index (χ2n) is 20.5. The number of hydrogen-bond acceptors (Lipinski definition) is 18. The highest BCUT2D eigenvalue weighted by molar-refractivity contribution is 6.30. The number of aliphatic hydroxyl groups is 2. The Morgan fingerprint density at radius 3 is 1.62 bits per heavy atom. The van der Waals surface area contributed by atoms with Crippen LogP contribution in [-0.2, 0) is 59.2 Å². The van der Waals surface area contributed by atoms with E-state index in [9.17, 15) is 58.2 Å². The molecule has 3 rings (SSSR count). The minimum absolute atomic E-state index is 0.0295. The Kier molecular flexibility index (Phi) is 32.7. The highest BCUT2D eigenvalue weighted by Crippen LogP contribution is 2.22. The van der Waals surface area contributed by atoms with E-state index < -0.39 is 157 Å². The number of nitrogens with two attached hydrogens (primary N) is 5. The summed E-state index contributed by atoms with van der Waals surface area (Å²) in [5.74, 6) is -10.7. The molecule has 1 fully saturated rings. The fraction of sp³-hybridized carbons (Fsp3) is 0.574. The van der Waals surface area contributed by atoms with Gasteiger partial charge in [-0.1, -0.05) is 67.9 Å². The Bertz CT molecular complexity index is 2510. The summed E-state index contributed by atoms with van der Waals surface area (Å²) >= 11 is 6.14. The lowest BCUT2D eigenvalue weighted by Gasteiger charge is -2.28. The van der Waals surface area contributed by atoms with Crippen LogP contribution in [0.15, 0.2) is 54.6 Å². The fourth-order valence-electron chi connectivity index (χ4n) is 8.53. The lowest BCUT2D eigenvalue weighted by atomic mass is 9.95. The van der Waals surface area contributed by atoms with E-state index in [0.29, 0.717) is 16.1 Å². The first-order valence-electron chi connectivity index (χ1n) is 27.6. The van der Waals surface area contributed by atoms with Gasteiger partial charge in [-0.2, -0.15) is 0 Å². The van der Waals surface area contributed by atoms with Crippen molar-refractivity contribution in [1.29, 1.82) is 0 Å². The molecule has 0 bridgehead atoms. The minimum Gasteiger partial charge on any atom is -0.481 e. The average molecular weight is 1200 g/mol. The van der Waals surface area contributed by atoms with E-state index in [2.05, 4.69) is 53.2 Å². The zero-order chi connectivity index (χ0) is 63.2. The Morgan fingerprint density at radius 1 is 0.631 bits per heavy atom. The van der Waals surface area contributed by atoms with Crippen molar-refractivity contribution in [2.24, 2.45) is 34.6 Å². The summed E-state index contributed by atoms with van der Waals surface area (Å²) < 4.78 is 0. The molecule has 2 aromatic rings. The largest absolute Gasteiger partial charge is 0.481 e. The van der Waals surface area contributed by atoms with E-state index in [1.165, 1.54) is 13.8 Å². The lowest BCUT2D eigenvalue weighted by Crippen LogP contribution is -2.62. The topological polar surface area (TPSA) is 499 Å². The third-order valence-electron chi connectivity index (χ3n) is 12.9. The number of carboxylic acids is 1. The van der Waals surface area contributed by atoms with Gasteiger partial charge in [-0.3, -0.25) is 52.7 Å². The van der Waals surface area contributed by atoms with Gasteiger partial charge in [0.25, 0.3) is 5.97 Å². The lowest BCUT2D eigenvalue weighted by molar-refractivity contribution is -0.136. The van der Waals surface area contributed by atoms with Crippen molar-refractivity contribution in [2.75, 3.05) is 39.3 Å². The molecule has 23 N–H and O–H groups in total. The Labute approximate surface area is 492 Å². The molecular weight excluding hydrogens is 1120 g/mol. The first-order valence-corrected chi connectivity index (χ1v) is 27.9. The van der Waals surface area contributed by atoms with E-state index in [0.717, 1.165) is 6.92 Å². The summed E-state index contributed by atoms with van der Waals surface area (Å²) in [7, 11) is 0. The monoisotopic (exact) mass is 1200 g/mol. The predicted octanol–water partition coefficient (Wildman–Crippen LogP) is -5.20. The van der Waals surface area contributed by atoms with Gasteiger partial charge in [-0.15, -0.1) is 0 Å². The molecule has 0 spiro atoms. The molecule has 0 aromatic heterocycles. The van der Waals surface area contributed by atoms with E-state index in [-0.39, 0.29) is 70.6 Å². The Balaban J connectivity index is 0.00000582. The van der Waals surface area contributed by atoms with Crippen LogP contribution in [0.5, 0.6) is 0 Å². The molecule has 1 aliphatic rings. The number of aliphatic hydroxyl groups excluding tert-OH is 2. The molecule has 29 nitrogen and oxygen atoms in total. The van der Waals surface area contributed by atoms with Gasteiger partial charge >= 0.3 is 0 Å². The predicted molar refractivity (Wildman–Crippen MR) is 309 cm³/mol. The van der Waals surface area contributed by atoms with Crippen LogP contribution in [0.1, 0.15) is 90.2 Å². The number of halogens is 1. The number of amides is 10. The highest BCUT2D eigenvalue weighted by Gasteiger charge is 2.37. The maximum absolute atomic E-state index is 14.4. The normalized spacial score (nSPS) is 22.4. The van der Waals surface area contributed by atoms with Crippen molar-refractivity contribution >= 4 is 76.6 Å². The van der Waals surface area contributed by atoms with Crippen molar-refractivity contribution in [3.63, 3.8) is 0 Å². The molecule has 30 heteroatoms. The summed E-state index contributed by atoms with van der Waals surface area (Å²) in [5, 5.41) is 54.5. The van der Waals surface area contributed by atoms with Crippen LogP contribution in [0.3, 0.4) is 0 Å². The molecule has 12 atom stereocenters. The van der Waals surface area contributed by atoms with Gasteiger partial charge in [-0.25, -0.2) is 0 Å². The van der Waals surface area contributed by atoms with Gasteiger partial charge in [0.2, 0.25) is 59.1 Å². The van der Waals surface area contributed by atoms with Crippen molar-refractivity contribution < 1.29 is 68.1 Å².